The van der Waals surface area contributed by atoms with E-state index in [1.165, 1.54) is 5.57 Å². The Morgan fingerprint density at radius 2 is 1.77 bits per heavy atom. The standard InChI is InChI=1S/C12H20O/c1-10(2)6-8-12(4,5)9-7-11(3)13/h6-7,9H,8H2,1-5H3/b9-7+. The second kappa shape index (κ2) is 5.00. The molecule has 0 spiro atoms. The number of hydrogen-bond donors (Lipinski definition) is 0. The SMILES string of the molecule is CC(=O)/C=C/C(C)(C)CC=C(C)C. The van der Waals surface area contributed by atoms with Crippen molar-refractivity contribution < 1.29 is 4.79 Å². The molecule has 1 nitrogen and oxygen atoms in total. The van der Waals surface area contributed by atoms with Crippen molar-refractivity contribution in [2.75, 3.05) is 0 Å². The normalized spacial score (nSPS) is 11.8. The summed E-state index contributed by atoms with van der Waals surface area (Å²) >= 11 is 0. The Morgan fingerprint density at radius 3 is 2.15 bits per heavy atom. The summed E-state index contributed by atoms with van der Waals surface area (Å²) in [5.74, 6) is 0.116. The molecule has 0 atom stereocenters. The van der Waals surface area contributed by atoms with Crippen LogP contribution in [0.2, 0.25) is 0 Å². The van der Waals surface area contributed by atoms with Gasteiger partial charge in [-0.05, 0) is 38.7 Å². The molecule has 0 aliphatic heterocycles. The maximum atomic E-state index is 10.7. The summed E-state index contributed by atoms with van der Waals surface area (Å²) in [7, 11) is 0. The van der Waals surface area contributed by atoms with Gasteiger partial charge in [0, 0.05) is 0 Å². The summed E-state index contributed by atoms with van der Waals surface area (Å²) in [6, 6.07) is 0. The van der Waals surface area contributed by atoms with Gasteiger partial charge in [0.2, 0.25) is 0 Å². The van der Waals surface area contributed by atoms with Crippen LogP contribution in [0, 0.1) is 5.41 Å². The molecular weight excluding hydrogens is 160 g/mol. The van der Waals surface area contributed by atoms with Crippen LogP contribution in [0.25, 0.3) is 0 Å². The fraction of sp³-hybridized carbons (Fsp3) is 0.583. The van der Waals surface area contributed by atoms with Crippen molar-refractivity contribution in [2.24, 2.45) is 5.41 Å². The summed E-state index contributed by atoms with van der Waals surface area (Å²) < 4.78 is 0. The summed E-state index contributed by atoms with van der Waals surface area (Å²) in [4.78, 5) is 10.7. The molecule has 74 valence electrons. The molecule has 0 heterocycles. The van der Waals surface area contributed by atoms with Gasteiger partial charge in [-0.15, -0.1) is 0 Å². The minimum atomic E-state index is 0.0862. The molecule has 0 amide bonds. The number of carbonyl (C=O) groups excluding carboxylic acids is 1. The fourth-order valence-corrected chi connectivity index (χ4v) is 0.878. The lowest BCUT2D eigenvalue weighted by Gasteiger charge is -2.17. The van der Waals surface area contributed by atoms with Crippen LogP contribution in [0.15, 0.2) is 23.8 Å². The van der Waals surface area contributed by atoms with E-state index < -0.39 is 0 Å². The summed E-state index contributed by atoms with van der Waals surface area (Å²) in [5, 5.41) is 0. The third kappa shape index (κ3) is 7.51. The van der Waals surface area contributed by atoms with E-state index in [0.29, 0.717) is 0 Å². The van der Waals surface area contributed by atoms with Crippen LogP contribution >= 0.6 is 0 Å². The first-order chi connectivity index (χ1) is 5.83. The fourth-order valence-electron chi connectivity index (χ4n) is 0.878. The van der Waals surface area contributed by atoms with Crippen LogP contribution in [-0.2, 0) is 4.79 Å². The topological polar surface area (TPSA) is 17.1 Å². The molecule has 1 heteroatoms. The van der Waals surface area contributed by atoms with Crippen molar-refractivity contribution in [3.8, 4) is 0 Å². The number of ketones is 1. The minimum absolute atomic E-state index is 0.0862. The largest absolute Gasteiger partial charge is 0.295 e. The summed E-state index contributed by atoms with van der Waals surface area (Å²) in [5.41, 5.74) is 1.41. The van der Waals surface area contributed by atoms with Crippen LogP contribution in [0.3, 0.4) is 0 Å². The Bertz CT molecular complexity index is 228. The molecule has 0 N–H and O–H groups in total. The first-order valence-electron chi connectivity index (χ1n) is 4.67. The zero-order chi connectivity index (χ0) is 10.5. The van der Waals surface area contributed by atoms with Crippen molar-refractivity contribution in [2.45, 2.75) is 41.0 Å². The highest BCUT2D eigenvalue weighted by Crippen LogP contribution is 2.23. The average Bonchev–Trinajstić information content (AvgIpc) is 1.98. The van der Waals surface area contributed by atoms with E-state index >= 15 is 0 Å². The van der Waals surface area contributed by atoms with Gasteiger partial charge in [0.1, 0.15) is 0 Å². The van der Waals surface area contributed by atoms with Gasteiger partial charge in [0.05, 0.1) is 0 Å². The van der Waals surface area contributed by atoms with E-state index in [4.69, 9.17) is 0 Å². The second-order valence-corrected chi connectivity index (χ2v) is 4.42. The first kappa shape index (κ1) is 12.2. The van der Waals surface area contributed by atoms with E-state index in [1.54, 1.807) is 13.0 Å². The Kier molecular flexibility index (Phi) is 4.68. The minimum Gasteiger partial charge on any atom is -0.295 e. The Balaban J connectivity index is 4.24. The number of allylic oxidation sites excluding steroid dienone is 4. The molecule has 0 unspecified atom stereocenters. The lowest BCUT2D eigenvalue weighted by Crippen LogP contribution is -2.06. The molecule has 0 saturated carbocycles. The molecule has 0 aromatic carbocycles. The third-order valence-electron chi connectivity index (χ3n) is 1.81. The van der Waals surface area contributed by atoms with Crippen LogP contribution in [0.1, 0.15) is 41.0 Å². The van der Waals surface area contributed by atoms with Crippen molar-refractivity contribution in [3.05, 3.63) is 23.8 Å². The molecule has 0 saturated heterocycles. The lowest BCUT2D eigenvalue weighted by molar-refractivity contribution is -0.112. The monoisotopic (exact) mass is 180 g/mol. The Morgan fingerprint density at radius 1 is 1.23 bits per heavy atom. The van der Waals surface area contributed by atoms with Crippen molar-refractivity contribution in [1.29, 1.82) is 0 Å². The van der Waals surface area contributed by atoms with Gasteiger partial charge in [-0.1, -0.05) is 31.6 Å². The second-order valence-electron chi connectivity index (χ2n) is 4.42. The lowest BCUT2D eigenvalue weighted by atomic mass is 9.88. The molecule has 0 bridgehead atoms. The van der Waals surface area contributed by atoms with Gasteiger partial charge in [0.15, 0.2) is 5.78 Å². The average molecular weight is 180 g/mol. The maximum Gasteiger partial charge on any atom is 0.152 e. The van der Waals surface area contributed by atoms with Gasteiger partial charge < -0.3 is 0 Å². The van der Waals surface area contributed by atoms with E-state index in [9.17, 15) is 4.79 Å². The van der Waals surface area contributed by atoms with Gasteiger partial charge in [0.25, 0.3) is 0 Å². The quantitative estimate of drug-likeness (QED) is 0.478. The highest BCUT2D eigenvalue weighted by molar-refractivity contribution is 5.87. The highest BCUT2D eigenvalue weighted by Gasteiger charge is 2.11. The first-order valence-corrected chi connectivity index (χ1v) is 4.67. The number of carbonyl (C=O) groups is 1. The smallest absolute Gasteiger partial charge is 0.152 e. The number of hydrogen-bond acceptors (Lipinski definition) is 1. The molecule has 0 aromatic rings. The van der Waals surface area contributed by atoms with E-state index in [1.807, 2.05) is 6.08 Å². The molecular formula is C12H20O. The van der Waals surface area contributed by atoms with Crippen LogP contribution in [0.5, 0.6) is 0 Å². The maximum absolute atomic E-state index is 10.7. The molecule has 0 radical (unpaired) electrons. The Labute approximate surface area is 81.5 Å². The molecule has 0 aromatic heterocycles. The summed E-state index contributed by atoms with van der Waals surface area (Å²) in [6.07, 6.45) is 6.82. The molecule has 0 rings (SSSR count). The van der Waals surface area contributed by atoms with Crippen LogP contribution < -0.4 is 0 Å². The van der Waals surface area contributed by atoms with E-state index in [-0.39, 0.29) is 11.2 Å². The van der Waals surface area contributed by atoms with Gasteiger partial charge in [-0.3, -0.25) is 4.79 Å². The van der Waals surface area contributed by atoms with Crippen LogP contribution in [0.4, 0.5) is 0 Å². The summed E-state index contributed by atoms with van der Waals surface area (Å²) in [6.45, 7) is 10.0. The zero-order valence-corrected chi connectivity index (χ0v) is 9.35. The van der Waals surface area contributed by atoms with Crippen molar-refractivity contribution in [1.82, 2.24) is 0 Å². The van der Waals surface area contributed by atoms with Gasteiger partial charge in [-0.2, -0.15) is 0 Å². The highest BCUT2D eigenvalue weighted by atomic mass is 16.1. The molecule has 0 aliphatic carbocycles. The molecule has 0 fully saturated rings. The van der Waals surface area contributed by atoms with E-state index in [2.05, 4.69) is 33.8 Å². The third-order valence-corrected chi connectivity index (χ3v) is 1.81. The van der Waals surface area contributed by atoms with Crippen molar-refractivity contribution >= 4 is 5.78 Å². The molecule has 13 heavy (non-hydrogen) atoms. The molecule has 0 aliphatic rings. The predicted octanol–water partition coefficient (Wildman–Crippen LogP) is 3.51. The zero-order valence-electron chi connectivity index (χ0n) is 9.35. The van der Waals surface area contributed by atoms with E-state index in [0.717, 1.165) is 6.42 Å². The Hall–Kier alpha value is -0.850. The van der Waals surface area contributed by atoms with Gasteiger partial charge >= 0.3 is 0 Å². The van der Waals surface area contributed by atoms with Crippen molar-refractivity contribution in [3.63, 3.8) is 0 Å². The predicted molar refractivity (Wildman–Crippen MR) is 57.7 cm³/mol. The number of rotatable bonds is 4. The van der Waals surface area contributed by atoms with Crippen LogP contribution in [-0.4, -0.2) is 5.78 Å². The van der Waals surface area contributed by atoms with Gasteiger partial charge in [-0.25, -0.2) is 0 Å².